The van der Waals surface area contributed by atoms with Crippen molar-refractivity contribution in [2.24, 2.45) is 0 Å². The summed E-state index contributed by atoms with van der Waals surface area (Å²) >= 11 is 7.07. The van der Waals surface area contributed by atoms with Crippen LogP contribution in [0.25, 0.3) is 10.9 Å². The van der Waals surface area contributed by atoms with Crippen LogP contribution in [0.5, 0.6) is 0 Å². The molecule has 0 radical (unpaired) electrons. The molecular formula is C19H22ClN5O3S2. The molecule has 3 aromatic rings. The number of carbonyl (C=O) groups excluding carboxylic acids is 1. The molecule has 2 N–H and O–H groups in total. The Balaban J connectivity index is 1.53. The van der Waals surface area contributed by atoms with Crippen LogP contribution in [0.1, 0.15) is 21.8 Å². The lowest BCUT2D eigenvalue weighted by molar-refractivity contribution is 0.0957. The van der Waals surface area contributed by atoms with E-state index >= 15 is 0 Å². The molecule has 0 spiro atoms. The highest BCUT2D eigenvalue weighted by molar-refractivity contribution is 7.92. The van der Waals surface area contributed by atoms with Crippen LogP contribution in [0.4, 0.5) is 10.8 Å². The van der Waals surface area contributed by atoms with E-state index in [-0.39, 0.29) is 11.0 Å². The molecule has 2 aromatic heterocycles. The molecule has 0 saturated heterocycles. The lowest BCUT2D eigenvalue weighted by atomic mass is 10.2. The highest BCUT2D eigenvalue weighted by Gasteiger charge is 2.21. The van der Waals surface area contributed by atoms with Crippen LogP contribution in [0.15, 0.2) is 30.5 Å². The monoisotopic (exact) mass is 467 g/mol. The maximum atomic E-state index is 12.4. The maximum Gasteiger partial charge on any atom is 0.263 e. The Morgan fingerprint density at radius 3 is 2.77 bits per heavy atom. The summed E-state index contributed by atoms with van der Waals surface area (Å²) in [6, 6.07) is 7.46. The van der Waals surface area contributed by atoms with Gasteiger partial charge in [-0.15, -0.1) is 0 Å². The first-order valence-corrected chi connectivity index (χ1v) is 12.2. The predicted molar refractivity (Wildman–Crippen MR) is 122 cm³/mol. The van der Waals surface area contributed by atoms with E-state index in [0.717, 1.165) is 38.5 Å². The zero-order valence-corrected chi connectivity index (χ0v) is 19.2. The zero-order chi connectivity index (χ0) is 21.9. The molecule has 3 rings (SSSR count). The van der Waals surface area contributed by atoms with Crippen molar-refractivity contribution in [3.63, 3.8) is 0 Å². The topological polar surface area (TPSA) is 104 Å². The van der Waals surface area contributed by atoms with Crippen LogP contribution < -0.4 is 14.9 Å². The Labute approximate surface area is 184 Å². The van der Waals surface area contributed by atoms with E-state index in [1.165, 1.54) is 7.05 Å². The molecule has 0 fully saturated rings. The molecule has 2 heterocycles. The largest absolute Gasteiger partial charge is 0.384 e. The van der Waals surface area contributed by atoms with Gasteiger partial charge in [-0.25, -0.2) is 17.7 Å². The van der Waals surface area contributed by atoms with Crippen molar-refractivity contribution in [2.45, 2.75) is 13.3 Å². The molecule has 0 bridgehead atoms. The fourth-order valence-electron chi connectivity index (χ4n) is 2.74. The van der Waals surface area contributed by atoms with Gasteiger partial charge >= 0.3 is 0 Å². The predicted octanol–water partition coefficient (Wildman–Crippen LogP) is 3.28. The molecule has 1 amide bonds. The Morgan fingerprint density at radius 2 is 2.03 bits per heavy atom. The molecule has 0 aliphatic heterocycles. The van der Waals surface area contributed by atoms with Gasteiger partial charge in [0.05, 0.1) is 17.5 Å². The van der Waals surface area contributed by atoms with Crippen LogP contribution in [-0.4, -0.2) is 50.7 Å². The van der Waals surface area contributed by atoms with E-state index in [1.807, 2.05) is 24.3 Å². The molecule has 160 valence electrons. The van der Waals surface area contributed by atoms with Crippen LogP contribution in [-0.2, 0) is 10.0 Å². The summed E-state index contributed by atoms with van der Waals surface area (Å²) < 4.78 is 24.4. The number of carbonyl (C=O) groups is 1. The lowest BCUT2D eigenvalue weighted by Crippen LogP contribution is -2.25. The van der Waals surface area contributed by atoms with E-state index in [4.69, 9.17) is 11.6 Å². The van der Waals surface area contributed by atoms with Crippen LogP contribution >= 0.6 is 22.9 Å². The fraction of sp³-hybridized carbons (Fsp3) is 0.316. The van der Waals surface area contributed by atoms with Crippen molar-refractivity contribution in [1.29, 1.82) is 0 Å². The molecular weight excluding hydrogens is 446 g/mol. The van der Waals surface area contributed by atoms with Crippen molar-refractivity contribution < 1.29 is 13.2 Å². The summed E-state index contributed by atoms with van der Waals surface area (Å²) in [7, 11) is -2.01. The Morgan fingerprint density at radius 1 is 1.27 bits per heavy atom. The zero-order valence-electron chi connectivity index (χ0n) is 16.8. The van der Waals surface area contributed by atoms with Crippen molar-refractivity contribution in [3.05, 3.63) is 46.1 Å². The second-order valence-electron chi connectivity index (χ2n) is 6.70. The van der Waals surface area contributed by atoms with Crippen molar-refractivity contribution >= 4 is 60.6 Å². The van der Waals surface area contributed by atoms with Gasteiger partial charge in [0, 0.05) is 42.4 Å². The van der Waals surface area contributed by atoms with Gasteiger partial charge in [0.25, 0.3) is 5.91 Å². The van der Waals surface area contributed by atoms with Crippen molar-refractivity contribution in [3.8, 4) is 0 Å². The molecule has 0 unspecified atom stereocenters. The number of halogens is 1. The van der Waals surface area contributed by atoms with E-state index in [0.29, 0.717) is 35.1 Å². The number of thiazole rings is 1. The van der Waals surface area contributed by atoms with E-state index in [9.17, 15) is 13.2 Å². The van der Waals surface area contributed by atoms with Gasteiger partial charge in [-0.2, -0.15) is 0 Å². The first kappa shape index (κ1) is 22.3. The second kappa shape index (κ2) is 9.15. The number of nitrogens with zero attached hydrogens (tertiary/aromatic N) is 3. The summed E-state index contributed by atoms with van der Waals surface area (Å²) in [6.45, 7) is 2.81. The number of rotatable bonds is 8. The van der Waals surface area contributed by atoms with Crippen molar-refractivity contribution in [1.82, 2.24) is 15.3 Å². The number of hydrogen-bond acceptors (Lipinski definition) is 7. The first-order valence-electron chi connectivity index (χ1n) is 9.14. The highest BCUT2D eigenvalue weighted by atomic mass is 35.5. The molecule has 8 nitrogen and oxygen atoms in total. The highest BCUT2D eigenvalue weighted by Crippen LogP contribution is 2.27. The summed E-state index contributed by atoms with van der Waals surface area (Å²) in [4.78, 5) is 21.4. The Kier molecular flexibility index (Phi) is 6.79. The molecule has 0 aliphatic rings. The number of benzene rings is 1. The molecule has 11 heteroatoms. The smallest absolute Gasteiger partial charge is 0.263 e. The normalized spacial score (nSPS) is 11.5. The SMILES string of the molecule is Cc1nc(N(C)S(C)(=O)=O)sc1C(=O)NCCCNc1ccnc2cc(Cl)ccc12. The molecule has 0 aliphatic carbocycles. The minimum atomic E-state index is -3.42. The lowest BCUT2D eigenvalue weighted by Gasteiger charge is -2.11. The number of anilines is 2. The van der Waals surface area contributed by atoms with Gasteiger partial charge in [-0.3, -0.25) is 9.78 Å². The fourth-order valence-corrected chi connectivity index (χ4v) is 4.60. The quantitative estimate of drug-likeness (QED) is 0.492. The number of nitrogens with one attached hydrogen (secondary N) is 2. The number of sulfonamides is 1. The molecule has 0 atom stereocenters. The third-order valence-corrected chi connectivity index (χ3v) is 7.17. The average molecular weight is 468 g/mol. The van der Waals surface area contributed by atoms with Gasteiger partial charge in [-0.1, -0.05) is 22.9 Å². The number of aryl methyl sites for hydroxylation is 1. The summed E-state index contributed by atoms with van der Waals surface area (Å²) in [5.41, 5.74) is 2.27. The second-order valence-corrected chi connectivity index (χ2v) is 10.1. The summed E-state index contributed by atoms with van der Waals surface area (Å²) in [6.07, 6.45) is 3.52. The standard InChI is InChI=1S/C19H22ClN5O3S2/c1-12-17(29-19(24-12)25(2)30(3,27)28)18(26)23-9-4-8-21-15-7-10-22-16-11-13(20)5-6-14(15)16/h5-7,10-11H,4,8-9H2,1-3H3,(H,21,22)(H,23,26). The van der Waals surface area contributed by atoms with Crippen LogP contribution in [0, 0.1) is 6.92 Å². The van der Waals surface area contributed by atoms with Crippen LogP contribution in [0.3, 0.4) is 0 Å². The molecule has 0 saturated carbocycles. The van der Waals surface area contributed by atoms with Gasteiger partial charge < -0.3 is 10.6 Å². The van der Waals surface area contributed by atoms with E-state index in [2.05, 4.69) is 20.6 Å². The minimum Gasteiger partial charge on any atom is -0.384 e. The first-order chi connectivity index (χ1) is 14.2. The molecule has 1 aromatic carbocycles. The summed E-state index contributed by atoms with van der Waals surface area (Å²) in [5.74, 6) is -0.262. The minimum absolute atomic E-state index is 0.262. The number of hydrogen-bond donors (Lipinski definition) is 2. The van der Waals surface area contributed by atoms with Gasteiger partial charge in [0.2, 0.25) is 10.0 Å². The Bertz CT molecular complexity index is 1180. The third-order valence-electron chi connectivity index (χ3n) is 4.42. The van der Waals surface area contributed by atoms with Gasteiger partial charge in [-0.05, 0) is 37.6 Å². The van der Waals surface area contributed by atoms with E-state index < -0.39 is 10.0 Å². The summed E-state index contributed by atoms with van der Waals surface area (Å²) in [5, 5.41) is 8.09. The van der Waals surface area contributed by atoms with Crippen LogP contribution in [0.2, 0.25) is 5.02 Å². The Hall–Kier alpha value is -2.43. The third kappa shape index (κ3) is 5.18. The maximum absolute atomic E-state index is 12.4. The van der Waals surface area contributed by atoms with Crippen molar-refractivity contribution in [2.75, 3.05) is 36.0 Å². The number of amides is 1. The van der Waals surface area contributed by atoms with E-state index in [1.54, 1.807) is 13.1 Å². The molecule has 30 heavy (non-hydrogen) atoms. The van der Waals surface area contributed by atoms with Gasteiger partial charge in [0.15, 0.2) is 5.13 Å². The number of fused-ring (bicyclic) bond motifs is 1. The number of pyridine rings is 1. The number of aromatic nitrogens is 2. The average Bonchev–Trinajstić information content (AvgIpc) is 3.07. The van der Waals surface area contributed by atoms with Gasteiger partial charge in [0.1, 0.15) is 4.88 Å².